The van der Waals surface area contributed by atoms with Crippen molar-refractivity contribution in [2.75, 3.05) is 6.61 Å². The van der Waals surface area contributed by atoms with Gasteiger partial charge in [0.25, 0.3) is 0 Å². The van der Waals surface area contributed by atoms with E-state index < -0.39 is 11.9 Å². The monoisotopic (exact) mass is 408 g/mol. The van der Waals surface area contributed by atoms with E-state index in [2.05, 4.69) is 6.92 Å². The molecule has 0 unspecified atom stereocenters. The number of unbranched alkanes of at least 4 members (excludes halogenated alkanes) is 7. The molecule has 28 heavy (non-hydrogen) atoms. The molecule has 1 rings (SSSR count). The van der Waals surface area contributed by atoms with Crippen LogP contribution in [-0.4, -0.2) is 18.5 Å². The molecule has 0 radical (unpaired) electrons. The van der Waals surface area contributed by atoms with E-state index >= 15 is 0 Å². The Kier molecular flexibility index (Phi) is 13.1. The van der Waals surface area contributed by atoms with E-state index in [4.69, 9.17) is 21.1 Å². The number of hydrogen-bond donors (Lipinski definition) is 0. The molecule has 1 aromatic carbocycles. The number of carbonyl (C=O) groups excluding carboxylic acids is 2. The van der Waals surface area contributed by atoms with Crippen LogP contribution < -0.4 is 4.74 Å². The molecule has 0 aliphatic carbocycles. The zero-order chi connectivity index (χ0) is 20.6. The average Bonchev–Trinajstić information content (AvgIpc) is 2.66. The second kappa shape index (κ2) is 15.2. The summed E-state index contributed by atoms with van der Waals surface area (Å²) in [5.41, 5.74) is 0.980. The molecule has 0 heterocycles. The Bertz CT molecular complexity index is 625. The molecule has 0 bridgehead atoms. The maximum Gasteiger partial charge on any atom is 0.311 e. The van der Waals surface area contributed by atoms with Crippen LogP contribution in [0.5, 0.6) is 5.75 Å². The molecule has 5 heteroatoms. The smallest absolute Gasteiger partial charge is 0.311 e. The van der Waals surface area contributed by atoms with E-state index in [1.807, 2.05) is 25.1 Å². The van der Waals surface area contributed by atoms with Crippen molar-refractivity contribution in [1.29, 1.82) is 0 Å². The van der Waals surface area contributed by atoms with Crippen LogP contribution in [0, 0.1) is 6.92 Å². The standard InChI is InChI=1S/C23H33ClO4/c1-3-4-5-6-7-8-9-10-11-12-17-27-22(25)15-16-23(26)28-21-14-13-19(2)18-20(21)24/h11-14,18H,3-10,15-17H2,1-2H3/b12-11+. The molecule has 0 fully saturated rings. The number of rotatable bonds is 14. The van der Waals surface area contributed by atoms with Gasteiger partial charge in [-0.15, -0.1) is 0 Å². The van der Waals surface area contributed by atoms with E-state index in [1.165, 1.54) is 44.9 Å². The van der Waals surface area contributed by atoms with Crippen LogP contribution in [0.3, 0.4) is 0 Å². The van der Waals surface area contributed by atoms with Crippen molar-refractivity contribution in [3.63, 3.8) is 0 Å². The third kappa shape index (κ3) is 11.8. The minimum Gasteiger partial charge on any atom is -0.461 e. The highest BCUT2D eigenvalue weighted by molar-refractivity contribution is 6.32. The summed E-state index contributed by atoms with van der Waals surface area (Å²) in [6.45, 7) is 4.37. The first kappa shape index (κ1) is 24.2. The van der Waals surface area contributed by atoms with Crippen molar-refractivity contribution in [3.05, 3.63) is 40.9 Å². The fraction of sp³-hybridized carbons (Fsp3) is 0.565. The first-order valence-corrected chi connectivity index (χ1v) is 10.7. The Morgan fingerprint density at radius 1 is 0.964 bits per heavy atom. The third-order valence-electron chi connectivity index (χ3n) is 4.33. The van der Waals surface area contributed by atoms with Gasteiger partial charge in [-0.3, -0.25) is 9.59 Å². The second-order valence-corrected chi connectivity index (χ2v) is 7.38. The van der Waals surface area contributed by atoms with Gasteiger partial charge >= 0.3 is 11.9 Å². The molecule has 0 aliphatic heterocycles. The number of halogens is 1. The largest absolute Gasteiger partial charge is 0.461 e. The first-order valence-electron chi connectivity index (χ1n) is 10.3. The molecule has 0 saturated carbocycles. The number of ether oxygens (including phenoxy) is 2. The van der Waals surface area contributed by atoms with E-state index in [9.17, 15) is 9.59 Å². The lowest BCUT2D eigenvalue weighted by Crippen LogP contribution is -2.12. The fourth-order valence-corrected chi connectivity index (χ4v) is 2.96. The van der Waals surface area contributed by atoms with Crippen molar-refractivity contribution in [1.82, 2.24) is 0 Å². The van der Waals surface area contributed by atoms with Gasteiger partial charge in [-0.2, -0.15) is 0 Å². The van der Waals surface area contributed by atoms with Crippen molar-refractivity contribution >= 4 is 23.5 Å². The van der Waals surface area contributed by atoms with Gasteiger partial charge in [0.05, 0.1) is 17.9 Å². The molecular formula is C23H33ClO4. The van der Waals surface area contributed by atoms with Gasteiger partial charge in [0.2, 0.25) is 0 Å². The van der Waals surface area contributed by atoms with Gasteiger partial charge in [0, 0.05) is 0 Å². The topological polar surface area (TPSA) is 52.6 Å². The van der Waals surface area contributed by atoms with Gasteiger partial charge in [0.15, 0.2) is 0 Å². The van der Waals surface area contributed by atoms with Gasteiger partial charge < -0.3 is 9.47 Å². The van der Waals surface area contributed by atoms with E-state index in [-0.39, 0.29) is 19.4 Å². The summed E-state index contributed by atoms with van der Waals surface area (Å²) in [4.78, 5) is 23.5. The highest BCUT2D eigenvalue weighted by atomic mass is 35.5. The van der Waals surface area contributed by atoms with Crippen LogP contribution >= 0.6 is 11.6 Å². The Labute approximate surface area is 174 Å². The summed E-state index contributed by atoms with van der Waals surface area (Å²) >= 11 is 6.02. The fourth-order valence-electron chi connectivity index (χ4n) is 2.68. The molecule has 0 aliphatic rings. The highest BCUT2D eigenvalue weighted by Gasteiger charge is 2.11. The zero-order valence-electron chi connectivity index (χ0n) is 17.2. The van der Waals surface area contributed by atoms with Crippen LogP contribution in [0.15, 0.2) is 30.4 Å². The maximum atomic E-state index is 11.8. The van der Waals surface area contributed by atoms with Crippen molar-refractivity contribution in [2.24, 2.45) is 0 Å². The second-order valence-electron chi connectivity index (χ2n) is 6.97. The molecule has 1 aromatic rings. The summed E-state index contributed by atoms with van der Waals surface area (Å²) < 4.78 is 10.3. The van der Waals surface area contributed by atoms with Gasteiger partial charge in [-0.1, -0.05) is 75.3 Å². The van der Waals surface area contributed by atoms with Gasteiger partial charge in [-0.05, 0) is 37.5 Å². The molecule has 0 N–H and O–H groups in total. The Morgan fingerprint density at radius 3 is 2.36 bits per heavy atom. The van der Waals surface area contributed by atoms with Crippen LogP contribution in [-0.2, 0) is 14.3 Å². The molecular weight excluding hydrogens is 376 g/mol. The number of esters is 2. The van der Waals surface area contributed by atoms with Gasteiger partial charge in [0.1, 0.15) is 12.4 Å². The summed E-state index contributed by atoms with van der Waals surface area (Å²) in [5.74, 6) is -0.608. The zero-order valence-corrected chi connectivity index (χ0v) is 17.9. The summed E-state index contributed by atoms with van der Waals surface area (Å²) in [6.07, 6.45) is 13.9. The number of benzene rings is 1. The lowest BCUT2D eigenvalue weighted by atomic mass is 10.1. The van der Waals surface area contributed by atoms with Crippen molar-refractivity contribution in [2.45, 2.75) is 78.1 Å². The molecule has 0 saturated heterocycles. The van der Waals surface area contributed by atoms with Crippen molar-refractivity contribution < 1.29 is 19.1 Å². The number of aryl methyl sites for hydroxylation is 1. The molecule has 0 atom stereocenters. The SMILES string of the molecule is CCCCCCCCC/C=C/COC(=O)CCC(=O)Oc1ccc(C)cc1Cl. The number of allylic oxidation sites excluding steroid dienone is 1. The Hall–Kier alpha value is -1.81. The highest BCUT2D eigenvalue weighted by Crippen LogP contribution is 2.25. The molecule has 156 valence electrons. The normalized spacial score (nSPS) is 11.0. The molecule has 0 amide bonds. The summed E-state index contributed by atoms with van der Waals surface area (Å²) in [6, 6.07) is 5.17. The lowest BCUT2D eigenvalue weighted by molar-refractivity contribution is -0.145. The van der Waals surface area contributed by atoms with Crippen LogP contribution in [0.1, 0.15) is 76.7 Å². The Balaban J connectivity index is 2.06. The minimum atomic E-state index is -0.503. The third-order valence-corrected chi connectivity index (χ3v) is 4.62. The quantitative estimate of drug-likeness (QED) is 0.151. The molecule has 0 aromatic heterocycles. The van der Waals surface area contributed by atoms with Gasteiger partial charge in [-0.25, -0.2) is 0 Å². The van der Waals surface area contributed by atoms with E-state index in [0.717, 1.165) is 12.0 Å². The van der Waals surface area contributed by atoms with Crippen LogP contribution in [0.25, 0.3) is 0 Å². The maximum absolute atomic E-state index is 11.8. The molecule has 4 nitrogen and oxygen atoms in total. The lowest BCUT2D eigenvalue weighted by Gasteiger charge is -2.06. The van der Waals surface area contributed by atoms with Crippen molar-refractivity contribution in [3.8, 4) is 5.75 Å². The van der Waals surface area contributed by atoms with Crippen LogP contribution in [0.2, 0.25) is 5.02 Å². The molecule has 0 spiro atoms. The Morgan fingerprint density at radius 2 is 1.64 bits per heavy atom. The minimum absolute atomic E-state index is 0.00604. The predicted molar refractivity (Wildman–Crippen MR) is 114 cm³/mol. The predicted octanol–water partition coefficient (Wildman–Crippen LogP) is 6.57. The number of hydrogen-bond acceptors (Lipinski definition) is 4. The van der Waals surface area contributed by atoms with E-state index in [1.54, 1.807) is 12.1 Å². The summed E-state index contributed by atoms with van der Waals surface area (Å²) in [5, 5.41) is 0.377. The number of carbonyl (C=O) groups is 2. The van der Waals surface area contributed by atoms with Crippen LogP contribution in [0.4, 0.5) is 0 Å². The first-order chi connectivity index (χ1) is 13.5. The van der Waals surface area contributed by atoms with E-state index in [0.29, 0.717) is 10.8 Å². The summed E-state index contributed by atoms with van der Waals surface area (Å²) in [7, 11) is 0. The average molecular weight is 409 g/mol.